The fourth-order valence-electron chi connectivity index (χ4n) is 1.52. The van der Waals surface area contributed by atoms with Crippen LogP contribution in [0.15, 0.2) is 42.7 Å². The third-order valence-corrected chi connectivity index (χ3v) is 2.34. The number of nitrogens with zero attached hydrogens (tertiary/aromatic N) is 2. The summed E-state index contributed by atoms with van der Waals surface area (Å²) >= 11 is 0. The van der Waals surface area contributed by atoms with Gasteiger partial charge in [-0.15, -0.1) is 0 Å². The molecule has 0 aliphatic carbocycles. The van der Waals surface area contributed by atoms with Gasteiger partial charge in [0.15, 0.2) is 0 Å². The minimum absolute atomic E-state index is 0.767. The summed E-state index contributed by atoms with van der Waals surface area (Å²) in [4.78, 5) is 8.30. The van der Waals surface area contributed by atoms with E-state index in [1.807, 2.05) is 31.2 Å². The highest BCUT2D eigenvalue weighted by Crippen LogP contribution is 2.09. The fraction of sp³-hybridized carbons (Fsp3) is 0.231. The average molecular weight is 228 g/mol. The zero-order chi connectivity index (χ0) is 11.9. The first-order valence-corrected chi connectivity index (χ1v) is 5.72. The highest BCUT2D eigenvalue weighted by Gasteiger charge is 1.97. The molecule has 0 amide bonds. The quantitative estimate of drug-likeness (QED) is 0.825. The molecule has 2 N–H and O–H groups in total. The maximum Gasteiger partial charge on any atom is 0.131 e. The van der Waals surface area contributed by atoms with Gasteiger partial charge in [0.05, 0.1) is 0 Å². The molecular formula is C13H16N4. The molecule has 88 valence electrons. The van der Waals surface area contributed by atoms with Crippen LogP contribution in [0.3, 0.4) is 0 Å². The fourth-order valence-corrected chi connectivity index (χ4v) is 1.52. The zero-order valence-electron chi connectivity index (χ0n) is 9.85. The molecule has 0 unspecified atom stereocenters. The zero-order valence-corrected chi connectivity index (χ0v) is 9.85. The Bertz CT molecular complexity index is 456. The standard InChI is InChI=1S/C13H16N4/c1-2-14-12-8-13(17-10-16-12)15-9-11-6-4-3-5-7-11/h3-8,10H,2,9H2,1H3,(H2,14,15,16,17). The molecule has 0 saturated heterocycles. The molecule has 4 nitrogen and oxygen atoms in total. The van der Waals surface area contributed by atoms with E-state index in [-0.39, 0.29) is 0 Å². The molecule has 0 atom stereocenters. The summed E-state index contributed by atoms with van der Waals surface area (Å²) in [5.41, 5.74) is 1.23. The maximum atomic E-state index is 4.17. The lowest BCUT2D eigenvalue weighted by molar-refractivity contribution is 1.07. The van der Waals surface area contributed by atoms with Gasteiger partial charge < -0.3 is 10.6 Å². The van der Waals surface area contributed by atoms with Crippen molar-refractivity contribution in [1.82, 2.24) is 9.97 Å². The van der Waals surface area contributed by atoms with Gasteiger partial charge in [-0.1, -0.05) is 30.3 Å². The van der Waals surface area contributed by atoms with Crippen LogP contribution in [-0.2, 0) is 6.54 Å². The van der Waals surface area contributed by atoms with Gasteiger partial charge in [-0.25, -0.2) is 9.97 Å². The van der Waals surface area contributed by atoms with Crippen molar-refractivity contribution in [2.24, 2.45) is 0 Å². The summed E-state index contributed by atoms with van der Waals surface area (Å²) in [6.45, 7) is 3.66. The Morgan fingerprint density at radius 2 is 1.71 bits per heavy atom. The molecule has 1 aromatic heterocycles. The first-order valence-electron chi connectivity index (χ1n) is 5.72. The number of nitrogens with one attached hydrogen (secondary N) is 2. The third-order valence-electron chi connectivity index (χ3n) is 2.34. The Morgan fingerprint density at radius 1 is 1.00 bits per heavy atom. The number of benzene rings is 1. The second-order valence-corrected chi connectivity index (χ2v) is 3.66. The van der Waals surface area contributed by atoms with Crippen LogP contribution in [0.5, 0.6) is 0 Å². The third kappa shape index (κ3) is 3.45. The van der Waals surface area contributed by atoms with Crippen molar-refractivity contribution in [3.63, 3.8) is 0 Å². The smallest absolute Gasteiger partial charge is 0.131 e. The maximum absolute atomic E-state index is 4.17. The molecule has 0 aliphatic rings. The number of aromatic nitrogens is 2. The molecule has 2 aromatic rings. The van der Waals surface area contributed by atoms with Crippen LogP contribution in [0, 0.1) is 0 Å². The van der Waals surface area contributed by atoms with E-state index in [2.05, 4.69) is 32.7 Å². The Morgan fingerprint density at radius 3 is 2.41 bits per heavy atom. The van der Waals surface area contributed by atoms with E-state index in [1.54, 1.807) is 6.33 Å². The van der Waals surface area contributed by atoms with Crippen molar-refractivity contribution in [1.29, 1.82) is 0 Å². The number of rotatable bonds is 5. The molecule has 0 fully saturated rings. The van der Waals surface area contributed by atoms with Crippen LogP contribution >= 0.6 is 0 Å². The average Bonchev–Trinajstić information content (AvgIpc) is 2.39. The van der Waals surface area contributed by atoms with Gasteiger partial charge in [-0.3, -0.25) is 0 Å². The van der Waals surface area contributed by atoms with E-state index in [0.29, 0.717) is 0 Å². The van der Waals surface area contributed by atoms with Crippen molar-refractivity contribution < 1.29 is 0 Å². The van der Waals surface area contributed by atoms with Gasteiger partial charge >= 0.3 is 0 Å². The van der Waals surface area contributed by atoms with Crippen LogP contribution in [0.4, 0.5) is 11.6 Å². The summed E-state index contributed by atoms with van der Waals surface area (Å²) in [5, 5.41) is 6.42. The summed E-state index contributed by atoms with van der Waals surface area (Å²) < 4.78 is 0. The van der Waals surface area contributed by atoms with E-state index in [0.717, 1.165) is 24.7 Å². The van der Waals surface area contributed by atoms with Crippen molar-refractivity contribution in [3.8, 4) is 0 Å². The van der Waals surface area contributed by atoms with Gasteiger partial charge in [0, 0.05) is 19.2 Å². The predicted octanol–water partition coefficient (Wildman–Crippen LogP) is 2.52. The van der Waals surface area contributed by atoms with Crippen LogP contribution in [-0.4, -0.2) is 16.5 Å². The van der Waals surface area contributed by atoms with Crippen LogP contribution in [0.25, 0.3) is 0 Å². The van der Waals surface area contributed by atoms with Crippen molar-refractivity contribution in [2.45, 2.75) is 13.5 Å². The van der Waals surface area contributed by atoms with Gasteiger partial charge in [0.2, 0.25) is 0 Å². The lowest BCUT2D eigenvalue weighted by Gasteiger charge is -2.07. The molecule has 0 radical (unpaired) electrons. The monoisotopic (exact) mass is 228 g/mol. The molecule has 0 spiro atoms. The summed E-state index contributed by atoms with van der Waals surface area (Å²) in [7, 11) is 0. The Balaban J connectivity index is 1.97. The minimum Gasteiger partial charge on any atom is -0.370 e. The summed E-state index contributed by atoms with van der Waals surface area (Å²) in [6.07, 6.45) is 1.56. The van der Waals surface area contributed by atoms with Crippen LogP contribution < -0.4 is 10.6 Å². The minimum atomic E-state index is 0.767. The van der Waals surface area contributed by atoms with Crippen molar-refractivity contribution in [3.05, 3.63) is 48.3 Å². The predicted molar refractivity (Wildman–Crippen MR) is 70.0 cm³/mol. The van der Waals surface area contributed by atoms with E-state index >= 15 is 0 Å². The van der Waals surface area contributed by atoms with Crippen molar-refractivity contribution >= 4 is 11.6 Å². The Kier molecular flexibility index (Phi) is 3.91. The number of hydrogen-bond acceptors (Lipinski definition) is 4. The van der Waals surface area contributed by atoms with E-state index in [4.69, 9.17) is 0 Å². The Labute approximate surface area is 101 Å². The topological polar surface area (TPSA) is 49.8 Å². The molecule has 4 heteroatoms. The Hall–Kier alpha value is -2.10. The van der Waals surface area contributed by atoms with Crippen LogP contribution in [0.2, 0.25) is 0 Å². The molecule has 0 aliphatic heterocycles. The van der Waals surface area contributed by atoms with E-state index in [1.165, 1.54) is 5.56 Å². The van der Waals surface area contributed by atoms with Gasteiger partial charge in [-0.2, -0.15) is 0 Å². The molecular weight excluding hydrogens is 212 g/mol. The first-order chi connectivity index (χ1) is 8.38. The molecule has 1 heterocycles. The lowest BCUT2D eigenvalue weighted by Crippen LogP contribution is -2.04. The summed E-state index contributed by atoms with van der Waals surface area (Å²) in [5.74, 6) is 1.68. The molecule has 0 saturated carbocycles. The number of hydrogen-bond donors (Lipinski definition) is 2. The largest absolute Gasteiger partial charge is 0.370 e. The lowest BCUT2D eigenvalue weighted by atomic mass is 10.2. The van der Waals surface area contributed by atoms with Gasteiger partial charge in [0.25, 0.3) is 0 Å². The molecule has 17 heavy (non-hydrogen) atoms. The van der Waals surface area contributed by atoms with Crippen LogP contribution in [0.1, 0.15) is 12.5 Å². The molecule has 1 aromatic carbocycles. The highest BCUT2D eigenvalue weighted by molar-refractivity contribution is 5.46. The normalized spacial score (nSPS) is 9.94. The van der Waals surface area contributed by atoms with E-state index < -0.39 is 0 Å². The highest BCUT2D eigenvalue weighted by atomic mass is 15.1. The van der Waals surface area contributed by atoms with Crippen molar-refractivity contribution in [2.75, 3.05) is 17.2 Å². The van der Waals surface area contributed by atoms with Gasteiger partial charge in [0.1, 0.15) is 18.0 Å². The second kappa shape index (κ2) is 5.84. The van der Waals surface area contributed by atoms with E-state index in [9.17, 15) is 0 Å². The SMILES string of the molecule is CCNc1cc(NCc2ccccc2)ncn1. The summed E-state index contributed by atoms with van der Waals surface area (Å²) in [6, 6.07) is 12.1. The first kappa shape index (κ1) is 11.4. The second-order valence-electron chi connectivity index (χ2n) is 3.66. The molecule has 2 rings (SSSR count). The molecule has 0 bridgehead atoms. The van der Waals surface area contributed by atoms with Gasteiger partial charge in [-0.05, 0) is 12.5 Å². The number of anilines is 2.